The molecule has 0 atom stereocenters. The van der Waals surface area contributed by atoms with Crippen LogP contribution in [0.2, 0.25) is 0 Å². The third-order valence-corrected chi connectivity index (χ3v) is 4.73. The SMILES string of the molecule is O=c1[nH]c(CSc2ccc(Br)cc2)nc2c1CNCC2. The number of hydrogen-bond acceptors (Lipinski definition) is 4. The van der Waals surface area contributed by atoms with Crippen LogP contribution in [0.1, 0.15) is 17.1 Å². The van der Waals surface area contributed by atoms with Crippen molar-refractivity contribution in [1.82, 2.24) is 15.3 Å². The van der Waals surface area contributed by atoms with Gasteiger partial charge in [-0.1, -0.05) is 15.9 Å². The van der Waals surface area contributed by atoms with Crippen LogP contribution >= 0.6 is 27.7 Å². The summed E-state index contributed by atoms with van der Waals surface area (Å²) in [7, 11) is 0. The molecule has 2 heterocycles. The van der Waals surface area contributed by atoms with E-state index in [1.54, 1.807) is 11.8 Å². The molecule has 0 amide bonds. The molecule has 20 heavy (non-hydrogen) atoms. The fourth-order valence-corrected chi connectivity index (χ4v) is 3.19. The lowest BCUT2D eigenvalue weighted by Gasteiger charge is -2.15. The molecule has 0 spiro atoms. The highest BCUT2D eigenvalue weighted by atomic mass is 79.9. The van der Waals surface area contributed by atoms with Gasteiger partial charge in [-0.15, -0.1) is 11.8 Å². The Morgan fingerprint density at radius 1 is 1.30 bits per heavy atom. The van der Waals surface area contributed by atoms with Crippen LogP contribution in [-0.4, -0.2) is 16.5 Å². The first kappa shape index (κ1) is 13.9. The van der Waals surface area contributed by atoms with Gasteiger partial charge in [0.2, 0.25) is 0 Å². The first-order valence-electron chi connectivity index (χ1n) is 6.42. The van der Waals surface area contributed by atoms with E-state index in [1.165, 1.54) is 0 Å². The van der Waals surface area contributed by atoms with E-state index in [-0.39, 0.29) is 5.56 Å². The van der Waals surface area contributed by atoms with Crippen LogP contribution in [-0.2, 0) is 18.7 Å². The Hall–Kier alpha value is -1.11. The quantitative estimate of drug-likeness (QED) is 0.834. The number of thioether (sulfide) groups is 1. The average Bonchev–Trinajstić information content (AvgIpc) is 2.47. The van der Waals surface area contributed by atoms with Crippen molar-refractivity contribution in [3.8, 4) is 0 Å². The van der Waals surface area contributed by atoms with Crippen LogP contribution in [0, 0.1) is 0 Å². The minimum Gasteiger partial charge on any atom is -0.312 e. The van der Waals surface area contributed by atoms with Gasteiger partial charge in [0, 0.05) is 28.9 Å². The summed E-state index contributed by atoms with van der Waals surface area (Å²) in [5.41, 5.74) is 1.72. The lowest BCUT2D eigenvalue weighted by atomic mass is 10.1. The summed E-state index contributed by atoms with van der Waals surface area (Å²) in [6.07, 6.45) is 0.829. The Balaban J connectivity index is 1.76. The average molecular weight is 352 g/mol. The lowest BCUT2D eigenvalue weighted by Crippen LogP contribution is -2.32. The maximum atomic E-state index is 12.0. The van der Waals surface area contributed by atoms with Gasteiger partial charge in [0.15, 0.2) is 0 Å². The van der Waals surface area contributed by atoms with Gasteiger partial charge in [-0.3, -0.25) is 4.79 Å². The Labute approximate surface area is 129 Å². The number of nitrogens with zero attached hydrogens (tertiary/aromatic N) is 1. The van der Waals surface area contributed by atoms with E-state index < -0.39 is 0 Å². The lowest BCUT2D eigenvalue weighted by molar-refractivity contribution is 0.616. The number of fused-ring (bicyclic) bond motifs is 1. The minimum atomic E-state index is -0.00592. The highest BCUT2D eigenvalue weighted by Gasteiger charge is 2.14. The summed E-state index contributed by atoms with van der Waals surface area (Å²) in [6.45, 7) is 1.51. The number of nitrogens with one attached hydrogen (secondary N) is 2. The summed E-state index contributed by atoms with van der Waals surface area (Å²) < 4.78 is 1.06. The number of aromatic amines is 1. The zero-order valence-electron chi connectivity index (χ0n) is 10.8. The molecule has 2 aromatic rings. The number of aromatic nitrogens is 2. The second-order valence-corrected chi connectivity index (χ2v) is 6.57. The molecule has 3 rings (SSSR count). The first-order chi connectivity index (χ1) is 9.72. The van der Waals surface area contributed by atoms with E-state index in [0.29, 0.717) is 12.3 Å². The topological polar surface area (TPSA) is 57.8 Å². The van der Waals surface area contributed by atoms with Crippen molar-refractivity contribution in [2.45, 2.75) is 23.6 Å². The van der Waals surface area contributed by atoms with Crippen molar-refractivity contribution in [3.63, 3.8) is 0 Å². The van der Waals surface area contributed by atoms with Gasteiger partial charge >= 0.3 is 0 Å². The zero-order valence-corrected chi connectivity index (χ0v) is 13.2. The van der Waals surface area contributed by atoms with Crippen molar-refractivity contribution < 1.29 is 0 Å². The Kier molecular flexibility index (Phi) is 4.24. The van der Waals surface area contributed by atoms with Crippen LogP contribution in [0.15, 0.2) is 38.4 Å². The number of rotatable bonds is 3. The second kappa shape index (κ2) is 6.11. The molecule has 6 heteroatoms. The summed E-state index contributed by atoms with van der Waals surface area (Å²) in [5.74, 6) is 1.43. The van der Waals surface area contributed by atoms with Gasteiger partial charge < -0.3 is 10.3 Å². The summed E-state index contributed by atoms with van der Waals surface area (Å²) >= 11 is 5.09. The number of benzene rings is 1. The van der Waals surface area contributed by atoms with Crippen molar-refractivity contribution >= 4 is 27.7 Å². The highest BCUT2D eigenvalue weighted by molar-refractivity contribution is 9.10. The maximum absolute atomic E-state index is 12.0. The third kappa shape index (κ3) is 3.13. The molecule has 0 radical (unpaired) electrons. The van der Waals surface area contributed by atoms with E-state index in [9.17, 15) is 4.79 Å². The van der Waals surface area contributed by atoms with Gasteiger partial charge in [-0.2, -0.15) is 0 Å². The van der Waals surface area contributed by atoms with Crippen LogP contribution in [0.4, 0.5) is 0 Å². The predicted octanol–water partition coefficient (Wildman–Crippen LogP) is 2.47. The fraction of sp³-hybridized carbons (Fsp3) is 0.286. The standard InChI is InChI=1S/C14H14BrN3OS/c15-9-1-3-10(4-2-9)20-8-13-17-12-5-6-16-7-11(12)14(19)18-13/h1-4,16H,5-8H2,(H,17,18,19). The Bertz CT molecular complexity index is 669. The van der Waals surface area contributed by atoms with Gasteiger partial charge in [0.25, 0.3) is 5.56 Å². The van der Waals surface area contributed by atoms with Crippen LogP contribution in [0.5, 0.6) is 0 Å². The van der Waals surface area contributed by atoms with Crippen LogP contribution in [0.25, 0.3) is 0 Å². The normalized spacial score (nSPS) is 14.1. The molecule has 0 bridgehead atoms. The van der Waals surface area contributed by atoms with E-state index in [0.717, 1.165) is 39.4 Å². The summed E-state index contributed by atoms with van der Waals surface area (Å²) in [5, 5.41) is 3.19. The first-order valence-corrected chi connectivity index (χ1v) is 8.20. The monoisotopic (exact) mass is 351 g/mol. The second-order valence-electron chi connectivity index (χ2n) is 4.61. The molecule has 0 fully saturated rings. The van der Waals surface area contributed by atoms with E-state index >= 15 is 0 Å². The molecule has 1 aliphatic rings. The molecular formula is C14H14BrN3OS. The largest absolute Gasteiger partial charge is 0.312 e. The number of H-pyrrole nitrogens is 1. The van der Waals surface area contributed by atoms with E-state index in [4.69, 9.17) is 0 Å². The number of halogens is 1. The molecule has 0 unspecified atom stereocenters. The van der Waals surface area contributed by atoms with E-state index in [2.05, 4.69) is 43.3 Å². The smallest absolute Gasteiger partial charge is 0.255 e. The number of hydrogen-bond donors (Lipinski definition) is 2. The highest BCUT2D eigenvalue weighted by Crippen LogP contribution is 2.23. The van der Waals surface area contributed by atoms with Gasteiger partial charge in [-0.05, 0) is 24.3 Å². The van der Waals surface area contributed by atoms with E-state index in [1.807, 2.05) is 12.1 Å². The molecule has 104 valence electrons. The maximum Gasteiger partial charge on any atom is 0.255 e. The molecule has 1 aromatic carbocycles. The third-order valence-electron chi connectivity index (χ3n) is 3.18. The molecule has 1 aliphatic heterocycles. The Morgan fingerprint density at radius 3 is 2.90 bits per heavy atom. The predicted molar refractivity (Wildman–Crippen MR) is 84.0 cm³/mol. The minimum absolute atomic E-state index is 0.00592. The molecule has 0 saturated heterocycles. The van der Waals surface area contributed by atoms with Gasteiger partial charge in [0.1, 0.15) is 5.82 Å². The van der Waals surface area contributed by atoms with Crippen LogP contribution < -0.4 is 10.9 Å². The molecule has 4 nitrogen and oxygen atoms in total. The summed E-state index contributed by atoms with van der Waals surface area (Å²) in [6, 6.07) is 8.12. The molecule has 0 saturated carbocycles. The molecule has 0 aliphatic carbocycles. The fourth-order valence-electron chi connectivity index (χ4n) is 2.16. The van der Waals surface area contributed by atoms with Gasteiger partial charge in [0.05, 0.1) is 17.0 Å². The van der Waals surface area contributed by atoms with Crippen molar-refractivity contribution in [2.24, 2.45) is 0 Å². The molecule has 1 aromatic heterocycles. The van der Waals surface area contributed by atoms with Crippen molar-refractivity contribution in [1.29, 1.82) is 0 Å². The van der Waals surface area contributed by atoms with Gasteiger partial charge in [-0.25, -0.2) is 4.98 Å². The molecule has 2 N–H and O–H groups in total. The molecular weight excluding hydrogens is 338 g/mol. The van der Waals surface area contributed by atoms with Crippen molar-refractivity contribution in [3.05, 3.63) is 56.2 Å². The Morgan fingerprint density at radius 2 is 2.10 bits per heavy atom. The zero-order chi connectivity index (χ0) is 13.9. The van der Waals surface area contributed by atoms with Crippen LogP contribution in [0.3, 0.4) is 0 Å². The van der Waals surface area contributed by atoms with Crippen molar-refractivity contribution in [2.75, 3.05) is 6.54 Å². The summed E-state index contributed by atoms with van der Waals surface area (Å²) in [4.78, 5) is 20.6.